The van der Waals surface area contributed by atoms with Crippen LogP contribution in [0, 0.1) is 29.1 Å². The third-order valence-corrected chi connectivity index (χ3v) is 7.18. The Balaban J connectivity index is 1.36. The van der Waals surface area contributed by atoms with Crippen molar-refractivity contribution in [3.05, 3.63) is 59.4 Å². The van der Waals surface area contributed by atoms with Gasteiger partial charge in [-0.3, -0.25) is 0 Å². The molecule has 3 rings (SSSR count). The Morgan fingerprint density at radius 2 is 1.55 bits per heavy atom. The molecule has 1 nitrogen and oxygen atoms in total. The lowest BCUT2D eigenvalue weighted by molar-refractivity contribution is 0.295. The zero-order valence-corrected chi connectivity index (χ0v) is 18.0. The Morgan fingerprint density at radius 3 is 2.10 bits per heavy atom. The standard InChI is InChI=1S/C27H36FN/c1-2-21-12-16-25(17-13-21)26-18-14-24(15-19-26)11-10-23-8-6-22(7-9-23)4-3-5-27(28)20-29/h5,10-13,16-17,22-24,26H,2-4,6-9,14-15,18-19H2,1H3. The molecule has 0 bridgehead atoms. The maximum atomic E-state index is 12.9. The summed E-state index contributed by atoms with van der Waals surface area (Å²) in [5.74, 6) is 2.32. The number of benzene rings is 1. The number of aryl methyl sites for hydroxylation is 1. The van der Waals surface area contributed by atoms with Gasteiger partial charge in [-0.2, -0.15) is 9.65 Å². The van der Waals surface area contributed by atoms with Crippen molar-refractivity contribution in [1.82, 2.24) is 0 Å². The predicted octanol–water partition coefficient (Wildman–Crippen LogP) is 8.04. The van der Waals surface area contributed by atoms with Gasteiger partial charge in [0.05, 0.1) is 0 Å². The van der Waals surface area contributed by atoms with Gasteiger partial charge in [-0.05, 0) is 112 Å². The zero-order valence-electron chi connectivity index (χ0n) is 18.0. The van der Waals surface area contributed by atoms with Gasteiger partial charge < -0.3 is 0 Å². The summed E-state index contributed by atoms with van der Waals surface area (Å²) in [7, 11) is 0. The first-order valence-corrected chi connectivity index (χ1v) is 11.7. The third kappa shape index (κ3) is 6.84. The van der Waals surface area contributed by atoms with Crippen molar-refractivity contribution in [3.63, 3.8) is 0 Å². The number of nitriles is 1. The van der Waals surface area contributed by atoms with Gasteiger partial charge in [0.2, 0.25) is 0 Å². The Bertz CT molecular complexity index is 708. The van der Waals surface area contributed by atoms with E-state index in [4.69, 9.17) is 5.26 Å². The first-order chi connectivity index (χ1) is 14.2. The van der Waals surface area contributed by atoms with Gasteiger partial charge in [0, 0.05) is 0 Å². The molecule has 2 aliphatic carbocycles. The lowest BCUT2D eigenvalue weighted by atomic mass is 9.77. The number of halogens is 1. The number of allylic oxidation sites excluding steroid dienone is 4. The van der Waals surface area contributed by atoms with Crippen LogP contribution in [0.2, 0.25) is 0 Å². The fourth-order valence-electron chi connectivity index (χ4n) is 5.15. The number of rotatable bonds is 7. The molecule has 1 aromatic rings. The number of hydrogen-bond donors (Lipinski definition) is 0. The number of hydrogen-bond acceptors (Lipinski definition) is 1. The van der Waals surface area contributed by atoms with E-state index in [1.165, 1.54) is 68.6 Å². The van der Waals surface area contributed by atoms with Crippen LogP contribution >= 0.6 is 0 Å². The molecule has 2 heteroatoms. The van der Waals surface area contributed by atoms with Crippen LogP contribution in [0.3, 0.4) is 0 Å². The van der Waals surface area contributed by atoms with E-state index in [-0.39, 0.29) is 0 Å². The molecule has 0 spiro atoms. The molecule has 1 aromatic carbocycles. The minimum absolute atomic E-state index is 0.630. The summed E-state index contributed by atoms with van der Waals surface area (Å²) in [6.07, 6.45) is 19.6. The molecule has 0 aliphatic heterocycles. The second kappa shape index (κ2) is 11.3. The van der Waals surface area contributed by atoms with Crippen molar-refractivity contribution >= 4 is 0 Å². The molecule has 0 aromatic heterocycles. The second-order valence-corrected chi connectivity index (χ2v) is 9.11. The predicted molar refractivity (Wildman–Crippen MR) is 119 cm³/mol. The summed E-state index contributed by atoms with van der Waals surface area (Å²) >= 11 is 0. The molecular weight excluding hydrogens is 357 g/mol. The van der Waals surface area contributed by atoms with Crippen molar-refractivity contribution in [2.75, 3.05) is 0 Å². The van der Waals surface area contributed by atoms with Crippen molar-refractivity contribution in [2.24, 2.45) is 17.8 Å². The minimum atomic E-state index is -0.630. The lowest BCUT2D eigenvalue weighted by Crippen LogP contribution is -2.14. The van der Waals surface area contributed by atoms with E-state index in [1.54, 1.807) is 6.07 Å². The fourth-order valence-corrected chi connectivity index (χ4v) is 5.15. The van der Waals surface area contributed by atoms with Crippen molar-refractivity contribution in [3.8, 4) is 6.07 Å². The fraction of sp³-hybridized carbons (Fsp3) is 0.593. The van der Waals surface area contributed by atoms with Gasteiger partial charge in [-0.25, -0.2) is 0 Å². The molecule has 0 unspecified atom stereocenters. The zero-order chi connectivity index (χ0) is 20.5. The SMILES string of the molecule is CCc1ccc(C2CCC(C=CC3CCC(CCC=C(F)C#N)CC3)CC2)cc1. The van der Waals surface area contributed by atoms with Crippen LogP contribution in [0.15, 0.2) is 48.3 Å². The average Bonchev–Trinajstić information content (AvgIpc) is 2.79. The van der Waals surface area contributed by atoms with Crippen LogP contribution in [0.5, 0.6) is 0 Å². The van der Waals surface area contributed by atoms with Gasteiger partial charge in [0.15, 0.2) is 5.83 Å². The van der Waals surface area contributed by atoms with Gasteiger partial charge >= 0.3 is 0 Å². The normalized spacial score (nSPS) is 28.4. The monoisotopic (exact) mass is 393 g/mol. The quantitative estimate of drug-likeness (QED) is 0.339. The van der Waals surface area contributed by atoms with Crippen LogP contribution in [0.1, 0.15) is 88.2 Å². The molecule has 0 saturated heterocycles. The Morgan fingerprint density at radius 1 is 0.966 bits per heavy atom. The van der Waals surface area contributed by atoms with Crippen LogP contribution in [0.4, 0.5) is 4.39 Å². The summed E-state index contributed by atoms with van der Waals surface area (Å²) in [6, 6.07) is 10.9. The van der Waals surface area contributed by atoms with Crippen LogP contribution in [-0.2, 0) is 6.42 Å². The first-order valence-electron chi connectivity index (χ1n) is 11.7. The second-order valence-electron chi connectivity index (χ2n) is 9.11. The van der Waals surface area contributed by atoms with Gasteiger partial charge in [-0.1, -0.05) is 43.3 Å². The highest BCUT2D eigenvalue weighted by molar-refractivity contribution is 5.26. The summed E-state index contributed by atoms with van der Waals surface area (Å²) in [5, 5.41) is 8.46. The van der Waals surface area contributed by atoms with E-state index in [9.17, 15) is 4.39 Å². The van der Waals surface area contributed by atoms with Crippen LogP contribution in [-0.4, -0.2) is 0 Å². The van der Waals surface area contributed by atoms with Crippen LogP contribution in [0.25, 0.3) is 0 Å². The minimum Gasteiger partial charge on any atom is -0.195 e. The van der Waals surface area contributed by atoms with E-state index in [0.717, 1.165) is 30.6 Å². The highest BCUT2D eigenvalue weighted by atomic mass is 19.1. The summed E-state index contributed by atoms with van der Waals surface area (Å²) in [4.78, 5) is 0. The summed E-state index contributed by atoms with van der Waals surface area (Å²) < 4.78 is 12.9. The topological polar surface area (TPSA) is 23.8 Å². The van der Waals surface area contributed by atoms with Gasteiger partial charge in [-0.15, -0.1) is 0 Å². The van der Waals surface area contributed by atoms with E-state index in [2.05, 4.69) is 43.3 Å². The van der Waals surface area contributed by atoms with Gasteiger partial charge in [0.25, 0.3) is 0 Å². The number of nitrogens with zero attached hydrogens (tertiary/aromatic N) is 1. The maximum Gasteiger partial charge on any atom is 0.196 e. The van der Waals surface area contributed by atoms with E-state index >= 15 is 0 Å². The first kappa shape index (κ1) is 21.8. The third-order valence-electron chi connectivity index (χ3n) is 7.18. The summed E-state index contributed by atoms with van der Waals surface area (Å²) in [6.45, 7) is 2.22. The highest BCUT2D eigenvalue weighted by Crippen LogP contribution is 2.37. The Kier molecular flexibility index (Phi) is 8.53. The molecule has 29 heavy (non-hydrogen) atoms. The Hall–Kier alpha value is -1.88. The van der Waals surface area contributed by atoms with Crippen molar-refractivity contribution in [1.29, 1.82) is 5.26 Å². The summed E-state index contributed by atoms with van der Waals surface area (Å²) in [5.41, 5.74) is 2.97. The van der Waals surface area contributed by atoms with E-state index < -0.39 is 5.83 Å². The van der Waals surface area contributed by atoms with Crippen LogP contribution < -0.4 is 0 Å². The molecule has 0 radical (unpaired) electrons. The molecule has 2 saturated carbocycles. The maximum absolute atomic E-state index is 12.9. The molecule has 156 valence electrons. The van der Waals surface area contributed by atoms with Crippen molar-refractivity contribution < 1.29 is 4.39 Å². The smallest absolute Gasteiger partial charge is 0.195 e. The molecule has 0 heterocycles. The largest absolute Gasteiger partial charge is 0.196 e. The van der Waals surface area contributed by atoms with E-state index in [0.29, 0.717) is 12.3 Å². The molecule has 2 aliphatic rings. The molecule has 0 amide bonds. The molecule has 0 atom stereocenters. The van der Waals surface area contributed by atoms with E-state index in [1.807, 2.05) is 0 Å². The van der Waals surface area contributed by atoms with Crippen molar-refractivity contribution in [2.45, 2.75) is 83.5 Å². The molecule has 2 fully saturated rings. The lowest BCUT2D eigenvalue weighted by Gasteiger charge is -2.29. The average molecular weight is 394 g/mol. The Labute approximate surface area is 176 Å². The molecule has 0 N–H and O–H groups in total. The highest BCUT2D eigenvalue weighted by Gasteiger charge is 2.22. The van der Waals surface area contributed by atoms with Gasteiger partial charge in [0.1, 0.15) is 6.07 Å². The molecular formula is C27H36FN.